The molecule has 5 nitrogen and oxygen atoms in total. The maximum Gasteiger partial charge on any atom is 0.196 e. The third-order valence-electron chi connectivity index (χ3n) is 5.06. The highest BCUT2D eigenvalue weighted by Gasteiger charge is 2.42. The van der Waals surface area contributed by atoms with Crippen LogP contribution in [-0.2, 0) is 4.74 Å². The van der Waals surface area contributed by atoms with Gasteiger partial charge in [0.2, 0.25) is 0 Å². The van der Waals surface area contributed by atoms with Crippen LogP contribution in [0.3, 0.4) is 0 Å². The van der Waals surface area contributed by atoms with Crippen LogP contribution in [0, 0.1) is 5.41 Å². The van der Waals surface area contributed by atoms with Crippen molar-refractivity contribution in [2.24, 2.45) is 5.41 Å². The van der Waals surface area contributed by atoms with E-state index in [1.165, 1.54) is 6.42 Å². The zero-order valence-electron chi connectivity index (χ0n) is 12.3. The van der Waals surface area contributed by atoms with Crippen LogP contribution < -0.4 is 4.90 Å². The fourth-order valence-corrected chi connectivity index (χ4v) is 3.82. The maximum atomic E-state index is 6.05. The van der Waals surface area contributed by atoms with Crippen LogP contribution in [0.1, 0.15) is 12.8 Å². The van der Waals surface area contributed by atoms with Gasteiger partial charge in [0.05, 0.1) is 6.61 Å². The van der Waals surface area contributed by atoms with Crippen molar-refractivity contribution in [3.05, 3.63) is 30.6 Å². The van der Waals surface area contributed by atoms with Crippen molar-refractivity contribution in [1.29, 1.82) is 0 Å². The second-order valence-corrected chi connectivity index (χ2v) is 6.45. The third-order valence-corrected chi connectivity index (χ3v) is 5.06. The van der Waals surface area contributed by atoms with E-state index < -0.39 is 0 Å². The van der Waals surface area contributed by atoms with E-state index in [9.17, 15) is 0 Å². The van der Waals surface area contributed by atoms with Gasteiger partial charge in [-0.1, -0.05) is 12.1 Å². The number of fused-ring (bicyclic) bond motifs is 3. The van der Waals surface area contributed by atoms with Crippen molar-refractivity contribution >= 4 is 27.9 Å². The minimum atomic E-state index is 0.309. The first-order valence-electron chi connectivity index (χ1n) is 7.80. The molecule has 4 heterocycles. The number of ether oxygens (including phenoxy) is 1. The second kappa shape index (κ2) is 4.43. The number of furan rings is 1. The van der Waals surface area contributed by atoms with E-state index in [2.05, 4.69) is 14.9 Å². The summed E-state index contributed by atoms with van der Waals surface area (Å²) in [5.41, 5.74) is 2.89. The molecule has 0 bridgehead atoms. The fourth-order valence-electron chi connectivity index (χ4n) is 3.82. The molecule has 1 aromatic carbocycles. The molecule has 0 N–H and O–H groups in total. The van der Waals surface area contributed by atoms with E-state index >= 15 is 0 Å². The molecule has 0 radical (unpaired) electrons. The molecule has 0 unspecified atom stereocenters. The van der Waals surface area contributed by atoms with Gasteiger partial charge in [-0.15, -0.1) is 0 Å². The van der Waals surface area contributed by atoms with Gasteiger partial charge >= 0.3 is 0 Å². The number of para-hydroxylation sites is 1. The van der Waals surface area contributed by atoms with Gasteiger partial charge in [-0.25, -0.2) is 9.97 Å². The molecule has 22 heavy (non-hydrogen) atoms. The Kier molecular flexibility index (Phi) is 2.50. The highest BCUT2D eigenvalue weighted by molar-refractivity contribution is 6.05. The van der Waals surface area contributed by atoms with Gasteiger partial charge in [0, 0.05) is 30.5 Å². The molecule has 2 aliphatic heterocycles. The minimum Gasteiger partial charge on any atom is -0.450 e. The van der Waals surface area contributed by atoms with E-state index in [1.807, 2.05) is 24.3 Å². The molecular formula is C17H17N3O2. The zero-order chi connectivity index (χ0) is 14.6. The Labute approximate surface area is 127 Å². The Morgan fingerprint density at radius 1 is 1.14 bits per heavy atom. The van der Waals surface area contributed by atoms with E-state index in [4.69, 9.17) is 9.15 Å². The Bertz CT molecular complexity index is 851. The number of anilines is 1. The van der Waals surface area contributed by atoms with Crippen LogP contribution in [-0.4, -0.2) is 36.3 Å². The summed E-state index contributed by atoms with van der Waals surface area (Å²) in [5, 5.41) is 1.05. The molecule has 2 aromatic heterocycles. The predicted octanol–water partition coefficient (Wildman–Crippen LogP) is 2.99. The summed E-state index contributed by atoms with van der Waals surface area (Å²) in [6.45, 7) is 3.76. The van der Waals surface area contributed by atoms with Crippen molar-refractivity contribution in [2.75, 3.05) is 31.2 Å². The molecule has 0 saturated carbocycles. The molecule has 5 rings (SSSR count). The minimum absolute atomic E-state index is 0.309. The van der Waals surface area contributed by atoms with Gasteiger partial charge < -0.3 is 14.1 Å². The molecule has 0 aliphatic carbocycles. The SMILES string of the molecule is c1ccc2c(c1)oc1c(N3CC[C@@]4(CCOC4)C3)ncnc12. The van der Waals surface area contributed by atoms with Crippen LogP contribution in [0.15, 0.2) is 35.0 Å². The van der Waals surface area contributed by atoms with E-state index in [0.29, 0.717) is 5.41 Å². The topological polar surface area (TPSA) is 51.4 Å². The number of hydrogen-bond acceptors (Lipinski definition) is 5. The van der Waals surface area contributed by atoms with Gasteiger partial charge in [0.25, 0.3) is 0 Å². The number of benzene rings is 1. The van der Waals surface area contributed by atoms with Crippen LogP contribution >= 0.6 is 0 Å². The largest absolute Gasteiger partial charge is 0.450 e. The highest BCUT2D eigenvalue weighted by Crippen LogP contribution is 2.41. The van der Waals surface area contributed by atoms with Gasteiger partial charge in [0.1, 0.15) is 17.4 Å². The summed E-state index contributed by atoms with van der Waals surface area (Å²) in [4.78, 5) is 11.3. The molecule has 0 amide bonds. The lowest BCUT2D eigenvalue weighted by Crippen LogP contribution is -2.28. The second-order valence-electron chi connectivity index (χ2n) is 6.45. The average Bonchev–Trinajstić information content (AvgIpc) is 3.27. The highest BCUT2D eigenvalue weighted by atomic mass is 16.5. The lowest BCUT2D eigenvalue weighted by Gasteiger charge is -2.22. The number of aromatic nitrogens is 2. The molecule has 1 atom stereocenters. The standard InChI is InChI=1S/C17H17N3O2/c1-2-4-13-12(3-1)14-15(22-13)16(19-11-18-14)20-7-5-17(9-20)6-8-21-10-17/h1-4,11H,5-10H2/t17-/m1/s1. The van der Waals surface area contributed by atoms with Gasteiger partial charge in [0.15, 0.2) is 11.4 Å². The van der Waals surface area contributed by atoms with Crippen molar-refractivity contribution < 1.29 is 9.15 Å². The summed E-state index contributed by atoms with van der Waals surface area (Å²) in [7, 11) is 0. The van der Waals surface area contributed by atoms with Crippen LogP contribution in [0.5, 0.6) is 0 Å². The van der Waals surface area contributed by atoms with Gasteiger partial charge in [-0.3, -0.25) is 0 Å². The Balaban J connectivity index is 1.63. The summed E-state index contributed by atoms with van der Waals surface area (Å²) >= 11 is 0. The van der Waals surface area contributed by atoms with Crippen LogP contribution in [0.2, 0.25) is 0 Å². The number of nitrogens with zero attached hydrogens (tertiary/aromatic N) is 3. The smallest absolute Gasteiger partial charge is 0.196 e. The Hall–Kier alpha value is -2.14. The molecule has 2 saturated heterocycles. The number of hydrogen-bond donors (Lipinski definition) is 0. The first kappa shape index (κ1) is 12.4. The van der Waals surface area contributed by atoms with Crippen LogP contribution in [0.25, 0.3) is 22.1 Å². The normalized spacial score (nSPS) is 25.0. The summed E-state index contributed by atoms with van der Waals surface area (Å²) in [6, 6.07) is 8.03. The molecule has 2 aliphatic rings. The lowest BCUT2D eigenvalue weighted by molar-refractivity contribution is 0.160. The lowest BCUT2D eigenvalue weighted by atomic mass is 9.87. The molecular weight excluding hydrogens is 278 g/mol. The van der Waals surface area contributed by atoms with Crippen molar-refractivity contribution in [2.45, 2.75) is 12.8 Å². The molecule has 112 valence electrons. The molecule has 3 aromatic rings. The predicted molar refractivity (Wildman–Crippen MR) is 84.0 cm³/mol. The first-order valence-corrected chi connectivity index (χ1v) is 7.80. The summed E-state index contributed by atoms with van der Waals surface area (Å²) < 4.78 is 11.7. The van der Waals surface area contributed by atoms with Gasteiger partial charge in [-0.2, -0.15) is 0 Å². The summed E-state index contributed by atoms with van der Waals surface area (Å²) in [5.74, 6) is 0.921. The van der Waals surface area contributed by atoms with Gasteiger partial charge in [-0.05, 0) is 25.0 Å². The Morgan fingerprint density at radius 2 is 2.09 bits per heavy atom. The summed E-state index contributed by atoms with van der Waals surface area (Å²) in [6.07, 6.45) is 3.96. The third kappa shape index (κ3) is 1.69. The van der Waals surface area contributed by atoms with E-state index in [0.717, 1.165) is 60.6 Å². The van der Waals surface area contributed by atoms with E-state index in [-0.39, 0.29) is 0 Å². The fraction of sp³-hybridized carbons (Fsp3) is 0.412. The molecule has 5 heteroatoms. The van der Waals surface area contributed by atoms with E-state index in [1.54, 1.807) is 6.33 Å². The first-order chi connectivity index (χ1) is 10.8. The molecule has 1 spiro atoms. The van der Waals surface area contributed by atoms with Crippen molar-refractivity contribution in [3.63, 3.8) is 0 Å². The molecule has 2 fully saturated rings. The zero-order valence-corrected chi connectivity index (χ0v) is 12.3. The monoisotopic (exact) mass is 295 g/mol. The Morgan fingerprint density at radius 3 is 3.00 bits per heavy atom. The van der Waals surface area contributed by atoms with Crippen LogP contribution in [0.4, 0.5) is 5.82 Å². The van der Waals surface area contributed by atoms with Crippen molar-refractivity contribution in [3.8, 4) is 0 Å². The van der Waals surface area contributed by atoms with Crippen molar-refractivity contribution in [1.82, 2.24) is 9.97 Å². The average molecular weight is 295 g/mol. The number of rotatable bonds is 1. The quantitative estimate of drug-likeness (QED) is 0.691. The maximum absolute atomic E-state index is 6.05.